The highest BCUT2D eigenvalue weighted by Gasteiger charge is 2.06. The van der Waals surface area contributed by atoms with Crippen LogP contribution in [0.3, 0.4) is 0 Å². The lowest BCUT2D eigenvalue weighted by molar-refractivity contribution is 0.379. The molecule has 0 aliphatic carbocycles. The van der Waals surface area contributed by atoms with Gasteiger partial charge in [-0.1, -0.05) is 44.7 Å². The lowest BCUT2D eigenvalue weighted by Crippen LogP contribution is -2.42. The highest BCUT2D eigenvalue weighted by molar-refractivity contribution is 5.79. The SMILES string of the molecule is CCCCCCC(C)NC(=NCc1cc(CC)no1)NCC. The number of hydrogen-bond donors (Lipinski definition) is 2. The number of aromatic nitrogens is 1. The fourth-order valence-corrected chi connectivity index (χ4v) is 2.26. The highest BCUT2D eigenvalue weighted by Crippen LogP contribution is 2.07. The van der Waals surface area contributed by atoms with Crippen LogP contribution in [0, 0.1) is 0 Å². The van der Waals surface area contributed by atoms with Crippen LogP contribution in [-0.2, 0) is 13.0 Å². The molecule has 1 aromatic heterocycles. The van der Waals surface area contributed by atoms with E-state index in [9.17, 15) is 0 Å². The summed E-state index contributed by atoms with van der Waals surface area (Å²) < 4.78 is 5.27. The molecule has 1 aromatic rings. The monoisotopic (exact) mass is 308 g/mol. The van der Waals surface area contributed by atoms with Gasteiger partial charge in [0.2, 0.25) is 0 Å². The van der Waals surface area contributed by atoms with Crippen molar-refractivity contribution >= 4 is 5.96 Å². The number of nitrogens with zero attached hydrogens (tertiary/aromatic N) is 2. The van der Waals surface area contributed by atoms with Crippen molar-refractivity contribution in [2.75, 3.05) is 6.54 Å². The average Bonchev–Trinajstić information content (AvgIpc) is 2.97. The molecule has 0 fully saturated rings. The van der Waals surface area contributed by atoms with E-state index >= 15 is 0 Å². The van der Waals surface area contributed by atoms with Crippen molar-refractivity contribution in [2.45, 2.75) is 78.8 Å². The Balaban J connectivity index is 2.43. The summed E-state index contributed by atoms with van der Waals surface area (Å²) in [6.07, 6.45) is 7.25. The number of hydrogen-bond acceptors (Lipinski definition) is 3. The number of nitrogens with one attached hydrogen (secondary N) is 2. The third-order valence-corrected chi connectivity index (χ3v) is 3.58. The molecule has 0 spiro atoms. The fraction of sp³-hybridized carbons (Fsp3) is 0.765. The number of guanidine groups is 1. The number of unbranched alkanes of at least 4 members (excludes halogenated alkanes) is 3. The Morgan fingerprint density at radius 1 is 1.27 bits per heavy atom. The van der Waals surface area contributed by atoms with Gasteiger partial charge in [-0.15, -0.1) is 0 Å². The van der Waals surface area contributed by atoms with Gasteiger partial charge in [0.05, 0.1) is 5.69 Å². The van der Waals surface area contributed by atoms with Crippen molar-refractivity contribution in [3.63, 3.8) is 0 Å². The van der Waals surface area contributed by atoms with E-state index in [0.717, 1.165) is 30.4 Å². The molecular formula is C17H32N4O. The van der Waals surface area contributed by atoms with E-state index in [2.05, 4.69) is 48.5 Å². The van der Waals surface area contributed by atoms with Crippen molar-refractivity contribution in [3.05, 3.63) is 17.5 Å². The van der Waals surface area contributed by atoms with Gasteiger partial charge in [0.25, 0.3) is 0 Å². The van der Waals surface area contributed by atoms with Gasteiger partial charge in [0, 0.05) is 18.7 Å². The Bertz CT molecular complexity index is 428. The minimum Gasteiger partial charge on any atom is -0.359 e. The average molecular weight is 308 g/mol. The maximum Gasteiger partial charge on any atom is 0.191 e. The largest absolute Gasteiger partial charge is 0.359 e. The molecule has 0 saturated carbocycles. The summed E-state index contributed by atoms with van der Waals surface area (Å²) in [6, 6.07) is 2.40. The van der Waals surface area contributed by atoms with Gasteiger partial charge in [0.15, 0.2) is 11.7 Å². The maximum atomic E-state index is 5.27. The van der Waals surface area contributed by atoms with Gasteiger partial charge in [-0.3, -0.25) is 0 Å². The van der Waals surface area contributed by atoms with Crippen LogP contribution in [0.4, 0.5) is 0 Å². The molecule has 0 bridgehead atoms. The molecule has 5 nitrogen and oxygen atoms in total. The first-order valence-electron chi connectivity index (χ1n) is 8.68. The lowest BCUT2D eigenvalue weighted by Gasteiger charge is -2.17. The molecule has 0 radical (unpaired) electrons. The summed E-state index contributed by atoms with van der Waals surface area (Å²) in [5.74, 6) is 1.66. The van der Waals surface area contributed by atoms with Gasteiger partial charge >= 0.3 is 0 Å². The van der Waals surface area contributed by atoms with Crippen molar-refractivity contribution in [2.24, 2.45) is 4.99 Å². The predicted molar refractivity (Wildman–Crippen MR) is 92.1 cm³/mol. The minimum atomic E-state index is 0.426. The Hall–Kier alpha value is -1.52. The summed E-state index contributed by atoms with van der Waals surface area (Å²) in [7, 11) is 0. The van der Waals surface area contributed by atoms with Crippen molar-refractivity contribution in [1.29, 1.82) is 0 Å². The second-order valence-corrected chi connectivity index (χ2v) is 5.73. The number of aliphatic imine (C=N–C) groups is 1. The molecule has 0 aliphatic heterocycles. The first-order valence-corrected chi connectivity index (χ1v) is 8.68. The van der Waals surface area contributed by atoms with E-state index in [0.29, 0.717) is 12.6 Å². The van der Waals surface area contributed by atoms with Gasteiger partial charge < -0.3 is 15.2 Å². The van der Waals surface area contributed by atoms with Crippen molar-refractivity contribution in [3.8, 4) is 0 Å². The molecule has 1 heterocycles. The zero-order valence-corrected chi connectivity index (χ0v) is 14.6. The van der Waals surface area contributed by atoms with Gasteiger partial charge in [-0.25, -0.2) is 4.99 Å². The Labute approximate surface area is 135 Å². The molecule has 0 amide bonds. The second kappa shape index (κ2) is 11.1. The topological polar surface area (TPSA) is 62.5 Å². The van der Waals surface area contributed by atoms with Gasteiger partial charge in [-0.2, -0.15) is 0 Å². The van der Waals surface area contributed by atoms with Crippen LogP contribution < -0.4 is 10.6 Å². The molecule has 0 aromatic carbocycles. The first-order chi connectivity index (χ1) is 10.7. The molecule has 126 valence electrons. The molecule has 2 N–H and O–H groups in total. The Morgan fingerprint density at radius 3 is 2.73 bits per heavy atom. The molecule has 1 unspecified atom stereocenters. The maximum absolute atomic E-state index is 5.27. The Kier molecular flexibility index (Phi) is 9.35. The first kappa shape index (κ1) is 18.5. The van der Waals surface area contributed by atoms with E-state index in [1.165, 1.54) is 32.1 Å². The number of rotatable bonds is 10. The third-order valence-electron chi connectivity index (χ3n) is 3.58. The molecule has 22 heavy (non-hydrogen) atoms. The van der Waals surface area contributed by atoms with E-state index in [4.69, 9.17) is 4.52 Å². The lowest BCUT2D eigenvalue weighted by atomic mass is 10.1. The summed E-state index contributed by atoms with van der Waals surface area (Å²) in [6.45, 7) is 9.97. The molecule has 5 heteroatoms. The van der Waals surface area contributed by atoms with Crippen LogP contribution in [0.15, 0.2) is 15.6 Å². The van der Waals surface area contributed by atoms with Crippen molar-refractivity contribution < 1.29 is 4.52 Å². The van der Waals surface area contributed by atoms with Crippen LogP contribution in [0.1, 0.15) is 71.3 Å². The quantitative estimate of drug-likeness (QED) is 0.393. The Morgan fingerprint density at radius 2 is 2.09 bits per heavy atom. The molecule has 1 rings (SSSR count). The van der Waals surface area contributed by atoms with Crippen LogP contribution >= 0.6 is 0 Å². The molecule has 0 aliphatic rings. The fourth-order valence-electron chi connectivity index (χ4n) is 2.26. The van der Waals surface area contributed by atoms with E-state index in [-0.39, 0.29) is 0 Å². The summed E-state index contributed by atoms with van der Waals surface area (Å²) in [5.41, 5.74) is 0.979. The van der Waals surface area contributed by atoms with Crippen LogP contribution in [-0.4, -0.2) is 23.7 Å². The van der Waals surface area contributed by atoms with E-state index in [1.54, 1.807) is 0 Å². The minimum absolute atomic E-state index is 0.426. The second-order valence-electron chi connectivity index (χ2n) is 5.73. The summed E-state index contributed by atoms with van der Waals surface area (Å²) in [4.78, 5) is 4.58. The van der Waals surface area contributed by atoms with Crippen LogP contribution in [0.5, 0.6) is 0 Å². The predicted octanol–water partition coefficient (Wildman–Crippen LogP) is 3.65. The normalized spacial score (nSPS) is 13.2. The summed E-state index contributed by atoms with van der Waals surface area (Å²) >= 11 is 0. The molecular weight excluding hydrogens is 276 g/mol. The number of aryl methyl sites for hydroxylation is 1. The third kappa shape index (κ3) is 7.48. The van der Waals surface area contributed by atoms with Crippen molar-refractivity contribution in [1.82, 2.24) is 15.8 Å². The molecule has 0 saturated heterocycles. The van der Waals surface area contributed by atoms with Gasteiger partial charge in [-0.05, 0) is 26.7 Å². The highest BCUT2D eigenvalue weighted by atomic mass is 16.5. The summed E-state index contributed by atoms with van der Waals surface area (Å²) in [5, 5.41) is 10.7. The zero-order chi connectivity index (χ0) is 16.2. The van der Waals surface area contributed by atoms with E-state index in [1.807, 2.05) is 6.07 Å². The zero-order valence-electron chi connectivity index (χ0n) is 14.6. The van der Waals surface area contributed by atoms with Crippen LogP contribution in [0.25, 0.3) is 0 Å². The van der Waals surface area contributed by atoms with Gasteiger partial charge in [0.1, 0.15) is 6.54 Å². The standard InChI is InChI=1S/C17H32N4O/c1-5-8-9-10-11-14(4)20-17(18-7-3)19-13-16-12-15(6-2)21-22-16/h12,14H,5-11,13H2,1-4H3,(H2,18,19,20). The van der Waals surface area contributed by atoms with E-state index < -0.39 is 0 Å². The smallest absolute Gasteiger partial charge is 0.191 e. The van der Waals surface area contributed by atoms with Crippen LogP contribution in [0.2, 0.25) is 0 Å². The molecule has 1 atom stereocenters.